The Morgan fingerprint density at radius 1 is 0.795 bits per heavy atom. The van der Waals surface area contributed by atoms with Gasteiger partial charge in [0.05, 0.1) is 31.2 Å². The highest BCUT2D eigenvalue weighted by atomic mass is 32.2. The second-order valence-electron chi connectivity index (χ2n) is 8.69. The van der Waals surface area contributed by atoms with E-state index in [1.54, 1.807) is 30.3 Å². The van der Waals surface area contributed by atoms with Crippen LogP contribution in [0.4, 0.5) is 0 Å². The lowest BCUT2D eigenvalue weighted by atomic mass is 10.2. The third-order valence-electron chi connectivity index (χ3n) is 5.90. The number of rotatable bonds is 10. The molecular weight excluding hydrogens is 514 g/mol. The summed E-state index contributed by atoms with van der Waals surface area (Å²) in [5.74, 6) is -0.143. The fraction of sp³-hybridized carbons (Fsp3) is 0.129. The van der Waals surface area contributed by atoms with Gasteiger partial charge in [0.2, 0.25) is 5.88 Å². The van der Waals surface area contributed by atoms with Crippen molar-refractivity contribution >= 4 is 22.1 Å². The van der Waals surface area contributed by atoms with Crippen molar-refractivity contribution < 1.29 is 27.4 Å². The first-order valence-corrected chi connectivity index (χ1v) is 13.6. The number of hydrogen-bond donors (Lipinski definition) is 0. The molecule has 0 saturated carbocycles. The topological polar surface area (TPSA) is 82.1 Å². The van der Waals surface area contributed by atoms with Crippen molar-refractivity contribution in [1.29, 1.82) is 0 Å². The number of methoxy groups -OCH3 is 2. The molecule has 4 aromatic rings. The molecule has 0 aromatic heterocycles. The first-order chi connectivity index (χ1) is 18.8. The van der Waals surface area contributed by atoms with E-state index >= 15 is 0 Å². The molecule has 4 rings (SSSR count). The lowest BCUT2D eigenvalue weighted by molar-refractivity contribution is 0.0560. The van der Waals surface area contributed by atoms with Gasteiger partial charge < -0.3 is 14.2 Å². The molecule has 0 N–H and O–H groups in total. The molecule has 0 spiro atoms. The van der Waals surface area contributed by atoms with Crippen LogP contribution in [0, 0.1) is 6.92 Å². The van der Waals surface area contributed by atoms with Crippen LogP contribution in [0.5, 0.6) is 11.5 Å². The number of esters is 1. The van der Waals surface area contributed by atoms with E-state index in [2.05, 4.69) is 0 Å². The number of aryl methyl sites for hydroxylation is 1. The van der Waals surface area contributed by atoms with Gasteiger partial charge in [-0.25, -0.2) is 17.5 Å². The molecule has 39 heavy (non-hydrogen) atoms. The monoisotopic (exact) mass is 543 g/mol. The van der Waals surface area contributed by atoms with Crippen LogP contribution in [0.2, 0.25) is 0 Å². The highest BCUT2D eigenvalue weighted by Crippen LogP contribution is 2.28. The summed E-state index contributed by atoms with van der Waals surface area (Å²) in [6.45, 7) is 1.81. The predicted molar refractivity (Wildman–Crippen MR) is 150 cm³/mol. The Kier molecular flexibility index (Phi) is 8.68. The van der Waals surface area contributed by atoms with E-state index in [-0.39, 0.29) is 22.9 Å². The maximum absolute atomic E-state index is 14.1. The molecule has 200 valence electrons. The van der Waals surface area contributed by atoms with Gasteiger partial charge >= 0.3 is 5.97 Å². The Morgan fingerprint density at radius 2 is 1.36 bits per heavy atom. The Labute approximate surface area is 228 Å². The summed E-state index contributed by atoms with van der Waals surface area (Å²) in [5.41, 5.74) is 2.42. The smallest absolute Gasteiger partial charge is 0.345 e. The standard InChI is InChI=1S/C31H29NO6S/c1-23-14-16-29(17-15-23)39(34,35)32(22-25-12-8-5-9-13-25)30(18-24-10-6-4-7-11-24)38-31(33)26-19-27(36-2)21-28(20-26)37-3/h4-21H,22H2,1-3H3/b30-18-. The number of hydrogen-bond acceptors (Lipinski definition) is 6. The molecule has 0 fully saturated rings. The summed E-state index contributed by atoms with van der Waals surface area (Å²) in [4.78, 5) is 13.5. The van der Waals surface area contributed by atoms with Gasteiger partial charge in [-0.05, 0) is 42.3 Å². The average Bonchev–Trinajstić information content (AvgIpc) is 2.96. The molecule has 7 nitrogen and oxygen atoms in total. The van der Waals surface area contributed by atoms with Crippen LogP contribution >= 0.6 is 0 Å². The molecule has 0 aliphatic rings. The van der Waals surface area contributed by atoms with Gasteiger partial charge in [0.1, 0.15) is 11.5 Å². The molecule has 0 aliphatic carbocycles. The second-order valence-corrected chi connectivity index (χ2v) is 10.6. The van der Waals surface area contributed by atoms with Crippen LogP contribution in [0.3, 0.4) is 0 Å². The van der Waals surface area contributed by atoms with Crippen LogP contribution in [0.1, 0.15) is 27.0 Å². The first kappa shape index (κ1) is 27.5. The number of sulfonamides is 1. The summed E-state index contributed by atoms with van der Waals surface area (Å²) >= 11 is 0. The average molecular weight is 544 g/mol. The van der Waals surface area contributed by atoms with Crippen molar-refractivity contribution in [3.8, 4) is 11.5 Å². The normalized spacial score (nSPS) is 11.5. The van der Waals surface area contributed by atoms with Crippen molar-refractivity contribution in [2.75, 3.05) is 14.2 Å². The van der Waals surface area contributed by atoms with Crippen molar-refractivity contribution in [2.24, 2.45) is 0 Å². The Hall–Kier alpha value is -4.56. The Bertz CT molecular complexity index is 1530. The van der Waals surface area contributed by atoms with E-state index in [1.165, 1.54) is 44.6 Å². The van der Waals surface area contributed by atoms with Gasteiger partial charge in [-0.1, -0.05) is 78.4 Å². The van der Waals surface area contributed by atoms with Crippen molar-refractivity contribution in [3.63, 3.8) is 0 Å². The van der Waals surface area contributed by atoms with Crippen LogP contribution in [-0.2, 0) is 21.3 Å². The fourth-order valence-electron chi connectivity index (χ4n) is 3.79. The summed E-state index contributed by atoms with van der Waals surface area (Å²) < 4.78 is 45.6. The van der Waals surface area contributed by atoms with Crippen LogP contribution in [0.25, 0.3) is 6.08 Å². The van der Waals surface area contributed by atoms with Gasteiger partial charge in [-0.3, -0.25) is 0 Å². The predicted octanol–water partition coefficient (Wildman–Crippen LogP) is 6.06. The maximum Gasteiger partial charge on any atom is 0.345 e. The largest absolute Gasteiger partial charge is 0.497 e. The second kappa shape index (κ2) is 12.3. The first-order valence-electron chi connectivity index (χ1n) is 12.2. The molecule has 0 bridgehead atoms. The SMILES string of the molecule is COc1cc(OC)cc(C(=O)O/C(=C\c2ccccc2)N(Cc2ccccc2)S(=O)(=O)c2ccc(C)cc2)c1. The van der Waals surface area contributed by atoms with Crippen molar-refractivity contribution in [1.82, 2.24) is 4.31 Å². The van der Waals surface area contributed by atoms with Gasteiger partial charge in [-0.15, -0.1) is 0 Å². The van der Waals surface area contributed by atoms with Crippen molar-refractivity contribution in [2.45, 2.75) is 18.4 Å². The van der Waals surface area contributed by atoms with E-state index in [9.17, 15) is 13.2 Å². The third kappa shape index (κ3) is 6.86. The molecular formula is C31H29NO6S. The van der Waals surface area contributed by atoms with E-state index in [4.69, 9.17) is 14.2 Å². The molecule has 0 unspecified atom stereocenters. The number of ether oxygens (including phenoxy) is 3. The Balaban J connectivity index is 1.84. The van der Waals surface area contributed by atoms with Crippen LogP contribution < -0.4 is 9.47 Å². The third-order valence-corrected chi connectivity index (χ3v) is 7.66. The maximum atomic E-state index is 14.1. The Morgan fingerprint density at radius 3 is 1.92 bits per heavy atom. The molecule has 8 heteroatoms. The minimum atomic E-state index is -4.15. The molecule has 0 aliphatic heterocycles. The quantitative estimate of drug-likeness (QED) is 0.179. The lowest BCUT2D eigenvalue weighted by Crippen LogP contribution is -2.32. The molecule has 0 atom stereocenters. The van der Waals surface area contributed by atoms with E-state index in [0.29, 0.717) is 22.6 Å². The van der Waals surface area contributed by atoms with Crippen molar-refractivity contribution in [3.05, 3.63) is 131 Å². The zero-order valence-corrected chi connectivity index (χ0v) is 22.7. The highest BCUT2D eigenvalue weighted by Gasteiger charge is 2.30. The summed E-state index contributed by atoms with van der Waals surface area (Å²) in [5, 5.41) is 0. The van der Waals surface area contributed by atoms with Gasteiger partial charge in [0.25, 0.3) is 10.0 Å². The number of carbonyl (C=O) groups excluding carboxylic acids is 1. The fourth-order valence-corrected chi connectivity index (χ4v) is 5.17. The molecule has 0 amide bonds. The van der Waals surface area contributed by atoms with E-state index < -0.39 is 16.0 Å². The van der Waals surface area contributed by atoms with Gasteiger partial charge in [0, 0.05) is 12.1 Å². The van der Waals surface area contributed by atoms with Crippen LogP contribution in [0.15, 0.2) is 114 Å². The molecule has 4 aromatic carbocycles. The number of benzene rings is 4. The molecule has 0 saturated heterocycles. The van der Waals surface area contributed by atoms with Gasteiger partial charge in [-0.2, -0.15) is 0 Å². The van der Waals surface area contributed by atoms with E-state index in [0.717, 1.165) is 9.87 Å². The minimum Gasteiger partial charge on any atom is -0.497 e. The summed E-state index contributed by atoms with van der Waals surface area (Å²) in [6, 6.07) is 29.3. The molecule has 0 radical (unpaired) electrons. The van der Waals surface area contributed by atoms with Gasteiger partial charge in [0.15, 0.2) is 0 Å². The summed E-state index contributed by atoms with van der Waals surface area (Å²) in [7, 11) is -1.21. The zero-order valence-electron chi connectivity index (χ0n) is 21.9. The summed E-state index contributed by atoms with van der Waals surface area (Å²) in [6.07, 6.45) is 1.53. The zero-order chi connectivity index (χ0) is 27.8. The number of carbonyl (C=O) groups is 1. The number of nitrogens with zero attached hydrogens (tertiary/aromatic N) is 1. The minimum absolute atomic E-state index is 0.0651. The lowest BCUT2D eigenvalue weighted by Gasteiger charge is -2.26. The highest BCUT2D eigenvalue weighted by molar-refractivity contribution is 7.89. The molecule has 0 heterocycles. The van der Waals surface area contributed by atoms with Crippen LogP contribution in [-0.4, -0.2) is 32.9 Å². The van der Waals surface area contributed by atoms with E-state index in [1.807, 2.05) is 55.5 Å².